The van der Waals surface area contributed by atoms with Crippen molar-refractivity contribution in [2.24, 2.45) is 0 Å². The summed E-state index contributed by atoms with van der Waals surface area (Å²) in [5, 5.41) is 2.46. The summed E-state index contributed by atoms with van der Waals surface area (Å²) >= 11 is 0. The van der Waals surface area contributed by atoms with Gasteiger partial charge in [0, 0.05) is 11.8 Å². The third-order valence-corrected chi connectivity index (χ3v) is 2.51. The number of nitrogens with one attached hydrogen (secondary N) is 1. The molecule has 1 N–H and O–H groups in total. The Morgan fingerprint density at radius 3 is 2.44 bits per heavy atom. The van der Waals surface area contributed by atoms with Gasteiger partial charge in [-0.25, -0.2) is 4.79 Å². The predicted molar refractivity (Wildman–Crippen MR) is 62.8 cm³/mol. The molecule has 1 heterocycles. The van der Waals surface area contributed by atoms with Gasteiger partial charge < -0.3 is 19.5 Å². The van der Waals surface area contributed by atoms with Crippen molar-refractivity contribution in [2.75, 3.05) is 25.6 Å². The molecule has 0 aliphatic carbocycles. The Balaban J connectivity index is 2.23. The van der Waals surface area contributed by atoms with Gasteiger partial charge in [-0.05, 0) is 18.6 Å². The van der Waals surface area contributed by atoms with Gasteiger partial charge in [-0.3, -0.25) is 4.79 Å². The largest absolute Gasteiger partial charge is 0.486 e. The van der Waals surface area contributed by atoms with Crippen molar-refractivity contribution < 1.29 is 23.8 Å². The number of hydrogen-bond donors (Lipinski definition) is 1. The summed E-state index contributed by atoms with van der Waals surface area (Å²) < 4.78 is 15.1. The fourth-order valence-corrected chi connectivity index (χ4v) is 1.59. The van der Waals surface area contributed by atoms with Gasteiger partial charge in [-0.1, -0.05) is 0 Å². The van der Waals surface area contributed by atoms with E-state index in [9.17, 15) is 9.59 Å². The van der Waals surface area contributed by atoms with Crippen molar-refractivity contribution in [2.45, 2.75) is 6.92 Å². The fraction of sp³-hybridized carbons (Fsp3) is 0.333. The number of aryl methyl sites for hydroxylation is 1. The number of esters is 1. The first kappa shape index (κ1) is 12.2. The molecule has 1 aromatic rings. The predicted octanol–water partition coefficient (Wildman–Crippen LogP) is 0.878. The molecular formula is C12H13NO5. The number of fused-ring (bicyclic) bond motifs is 1. The molecule has 0 spiro atoms. The first-order valence-corrected chi connectivity index (χ1v) is 5.41. The third kappa shape index (κ3) is 2.37. The van der Waals surface area contributed by atoms with Gasteiger partial charge >= 0.3 is 11.9 Å². The van der Waals surface area contributed by atoms with Crippen LogP contribution in [0.25, 0.3) is 0 Å². The van der Waals surface area contributed by atoms with E-state index < -0.39 is 11.9 Å². The molecule has 96 valence electrons. The highest BCUT2D eigenvalue weighted by atomic mass is 16.6. The van der Waals surface area contributed by atoms with Gasteiger partial charge in [-0.2, -0.15) is 0 Å². The summed E-state index contributed by atoms with van der Waals surface area (Å²) in [4.78, 5) is 22.4. The molecule has 1 aliphatic rings. The maximum absolute atomic E-state index is 11.4. The van der Waals surface area contributed by atoms with Crippen LogP contribution in [0.4, 0.5) is 5.69 Å². The van der Waals surface area contributed by atoms with E-state index in [0.29, 0.717) is 30.4 Å². The summed E-state index contributed by atoms with van der Waals surface area (Å²) in [5.41, 5.74) is 1.27. The zero-order chi connectivity index (χ0) is 13.1. The highest BCUT2D eigenvalue weighted by Gasteiger charge is 2.18. The Bertz CT molecular complexity index is 497. The lowest BCUT2D eigenvalue weighted by molar-refractivity contribution is -0.150. The number of carbonyl (C=O) groups excluding carboxylic acids is 2. The van der Waals surface area contributed by atoms with Crippen LogP contribution < -0.4 is 14.8 Å². The minimum absolute atomic E-state index is 0.459. The van der Waals surface area contributed by atoms with E-state index in [1.54, 1.807) is 19.1 Å². The van der Waals surface area contributed by atoms with E-state index in [1.165, 1.54) is 0 Å². The first-order valence-electron chi connectivity index (χ1n) is 5.41. The number of anilines is 1. The van der Waals surface area contributed by atoms with Crippen LogP contribution in [0.3, 0.4) is 0 Å². The molecule has 0 fully saturated rings. The molecule has 1 aliphatic heterocycles. The van der Waals surface area contributed by atoms with Gasteiger partial charge in [0.25, 0.3) is 0 Å². The molecule has 0 saturated carbocycles. The molecule has 0 atom stereocenters. The second kappa shape index (κ2) is 4.95. The molecule has 0 radical (unpaired) electrons. The van der Waals surface area contributed by atoms with Crippen molar-refractivity contribution in [1.29, 1.82) is 0 Å². The number of hydrogen-bond acceptors (Lipinski definition) is 5. The zero-order valence-corrected chi connectivity index (χ0v) is 10.1. The minimum atomic E-state index is -0.940. The lowest BCUT2D eigenvalue weighted by atomic mass is 10.1. The van der Waals surface area contributed by atoms with Crippen LogP contribution in [0.1, 0.15) is 5.56 Å². The number of rotatable bonds is 1. The Morgan fingerprint density at radius 2 is 1.83 bits per heavy atom. The van der Waals surface area contributed by atoms with Gasteiger partial charge in [0.2, 0.25) is 0 Å². The Hall–Kier alpha value is -2.24. The van der Waals surface area contributed by atoms with Crippen molar-refractivity contribution in [1.82, 2.24) is 0 Å². The fourth-order valence-electron chi connectivity index (χ4n) is 1.59. The summed E-state index contributed by atoms with van der Waals surface area (Å²) in [6.45, 7) is 2.76. The first-order chi connectivity index (χ1) is 8.61. The minimum Gasteiger partial charge on any atom is -0.486 e. The smallest absolute Gasteiger partial charge is 0.396 e. The van der Waals surface area contributed by atoms with Crippen LogP contribution in [-0.2, 0) is 14.3 Å². The van der Waals surface area contributed by atoms with E-state index in [0.717, 1.165) is 12.7 Å². The zero-order valence-electron chi connectivity index (χ0n) is 10.1. The Kier molecular flexibility index (Phi) is 3.36. The quantitative estimate of drug-likeness (QED) is 0.592. The monoisotopic (exact) mass is 251 g/mol. The van der Waals surface area contributed by atoms with Crippen molar-refractivity contribution >= 4 is 17.6 Å². The second-order valence-electron chi connectivity index (χ2n) is 3.76. The van der Waals surface area contributed by atoms with Gasteiger partial charge in [0.1, 0.15) is 13.2 Å². The molecular weight excluding hydrogens is 238 g/mol. The van der Waals surface area contributed by atoms with E-state index in [1.807, 2.05) is 0 Å². The van der Waals surface area contributed by atoms with Crippen LogP contribution >= 0.6 is 0 Å². The maximum atomic E-state index is 11.4. The van der Waals surface area contributed by atoms with Crippen LogP contribution in [0.15, 0.2) is 12.1 Å². The summed E-state index contributed by atoms with van der Waals surface area (Å²) in [5.74, 6) is -0.580. The molecule has 6 heteroatoms. The molecule has 18 heavy (non-hydrogen) atoms. The molecule has 0 bridgehead atoms. The van der Waals surface area contributed by atoms with Crippen molar-refractivity contribution in [3.8, 4) is 11.5 Å². The van der Waals surface area contributed by atoms with E-state index in [-0.39, 0.29) is 0 Å². The lowest BCUT2D eigenvalue weighted by Crippen LogP contribution is -2.24. The number of ether oxygens (including phenoxy) is 3. The molecule has 0 unspecified atom stereocenters. The number of amides is 1. The van der Waals surface area contributed by atoms with Crippen LogP contribution in [-0.4, -0.2) is 32.2 Å². The lowest BCUT2D eigenvalue weighted by Gasteiger charge is -2.20. The topological polar surface area (TPSA) is 73.9 Å². The van der Waals surface area contributed by atoms with Crippen LogP contribution in [0.5, 0.6) is 11.5 Å². The summed E-state index contributed by atoms with van der Waals surface area (Å²) in [7, 11) is 1.15. The van der Waals surface area contributed by atoms with Crippen LogP contribution in [0, 0.1) is 6.92 Å². The number of benzene rings is 1. The van der Waals surface area contributed by atoms with E-state index >= 15 is 0 Å². The maximum Gasteiger partial charge on any atom is 0.396 e. The van der Waals surface area contributed by atoms with E-state index in [2.05, 4.69) is 10.1 Å². The van der Waals surface area contributed by atoms with Crippen molar-refractivity contribution in [3.63, 3.8) is 0 Å². The average molecular weight is 251 g/mol. The molecule has 0 saturated heterocycles. The average Bonchev–Trinajstić information content (AvgIpc) is 2.38. The Morgan fingerprint density at radius 1 is 1.22 bits per heavy atom. The van der Waals surface area contributed by atoms with Gasteiger partial charge in [-0.15, -0.1) is 0 Å². The highest BCUT2D eigenvalue weighted by Crippen LogP contribution is 2.35. The summed E-state index contributed by atoms with van der Waals surface area (Å²) in [6, 6.07) is 3.38. The van der Waals surface area contributed by atoms with Crippen LogP contribution in [0.2, 0.25) is 0 Å². The summed E-state index contributed by atoms with van der Waals surface area (Å²) in [6.07, 6.45) is 0. The van der Waals surface area contributed by atoms with Gasteiger partial charge in [0.05, 0.1) is 7.11 Å². The molecule has 1 amide bonds. The number of methoxy groups -OCH3 is 1. The normalized spacial score (nSPS) is 12.8. The second-order valence-corrected chi connectivity index (χ2v) is 3.76. The highest BCUT2D eigenvalue weighted by molar-refractivity contribution is 6.37. The number of carbonyl (C=O) groups is 2. The van der Waals surface area contributed by atoms with Crippen molar-refractivity contribution in [3.05, 3.63) is 17.7 Å². The Labute approximate surface area is 104 Å². The SMILES string of the molecule is COC(=O)C(=O)Nc1cc2c(cc1C)OCCO2. The standard InChI is InChI=1S/C12H13NO5/c1-7-5-9-10(18-4-3-17-9)6-8(7)13-11(14)12(15)16-2/h5-6H,3-4H2,1-2H3,(H,13,14). The molecule has 1 aromatic carbocycles. The van der Waals surface area contributed by atoms with E-state index in [4.69, 9.17) is 9.47 Å². The third-order valence-electron chi connectivity index (χ3n) is 2.51. The molecule has 6 nitrogen and oxygen atoms in total. The van der Waals surface area contributed by atoms with Gasteiger partial charge in [0.15, 0.2) is 11.5 Å². The molecule has 0 aromatic heterocycles. The molecule has 2 rings (SSSR count).